The zero-order valence-electron chi connectivity index (χ0n) is 14.2. The van der Waals surface area contributed by atoms with E-state index in [-0.39, 0.29) is 12.1 Å². The Balaban J connectivity index is 1.41. The fourth-order valence-corrected chi connectivity index (χ4v) is 3.48. The summed E-state index contributed by atoms with van der Waals surface area (Å²) in [7, 11) is 0. The fourth-order valence-electron chi connectivity index (χ4n) is 2.88. The van der Waals surface area contributed by atoms with Crippen LogP contribution < -0.4 is 5.32 Å². The van der Waals surface area contributed by atoms with Crippen molar-refractivity contribution in [3.8, 4) is 0 Å². The van der Waals surface area contributed by atoms with Gasteiger partial charge in [0, 0.05) is 63.1 Å². The van der Waals surface area contributed by atoms with Gasteiger partial charge < -0.3 is 14.8 Å². The van der Waals surface area contributed by atoms with Crippen LogP contribution in [-0.2, 0) is 13.1 Å². The third kappa shape index (κ3) is 4.55. The molecule has 0 bridgehead atoms. The van der Waals surface area contributed by atoms with Gasteiger partial charge in [0.15, 0.2) is 0 Å². The molecule has 0 aromatic carbocycles. The number of aryl methyl sites for hydroxylation is 1. The van der Waals surface area contributed by atoms with E-state index < -0.39 is 0 Å². The molecule has 1 fully saturated rings. The normalized spacial score (nSPS) is 17.0. The minimum atomic E-state index is 0.0202. The lowest BCUT2D eigenvalue weighted by Crippen LogP contribution is -2.53. The number of nitrogens with zero attached hydrogens (tertiary/aromatic N) is 5. The molecule has 2 amide bonds. The van der Waals surface area contributed by atoms with E-state index in [9.17, 15) is 4.79 Å². The van der Waals surface area contributed by atoms with Crippen LogP contribution in [0.4, 0.5) is 4.79 Å². The summed E-state index contributed by atoms with van der Waals surface area (Å²) in [6.07, 6.45) is 5.42. The predicted octanol–water partition coefficient (Wildman–Crippen LogP) is 1.56. The van der Waals surface area contributed by atoms with Crippen LogP contribution >= 0.6 is 11.3 Å². The standard InChI is InChI=1S/C16H24N6OS/c1-13(9-21-4-3-17-12-21)18-16(23)22-7-5-20(6-8-22)10-15-11-24-14(2)19-15/h3-4,11-13H,5-10H2,1-2H3,(H,18,23)/t13-/m0/s1. The Morgan fingerprint density at radius 1 is 1.38 bits per heavy atom. The molecular weight excluding hydrogens is 324 g/mol. The number of nitrogens with one attached hydrogen (secondary N) is 1. The number of amides is 2. The van der Waals surface area contributed by atoms with Gasteiger partial charge in [-0.2, -0.15) is 0 Å². The highest BCUT2D eigenvalue weighted by molar-refractivity contribution is 7.09. The first-order valence-electron chi connectivity index (χ1n) is 8.24. The van der Waals surface area contributed by atoms with Crippen LogP contribution in [0.5, 0.6) is 0 Å². The summed E-state index contributed by atoms with van der Waals surface area (Å²) in [5.74, 6) is 0. The van der Waals surface area contributed by atoms with Gasteiger partial charge in [-0.25, -0.2) is 14.8 Å². The third-order valence-corrected chi connectivity index (χ3v) is 4.95. The largest absolute Gasteiger partial charge is 0.335 e. The van der Waals surface area contributed by atoms with E-state index in [2.05, 4.69) is 25.6 Å². The lowest BCUT2D eigenvalue weighted by Gasteiger charge is -2.35. The second kappa shape index (κ2) is 7.76. The highest BCUT2D eigenvalue weighted by Gasteiger charge is 2.22. The van der Waals surface area contributed by atoms with Crippen LogP contribution in [0.3, 0.4) is 0 Å². The Labute approximate surface area is 146 Å². The van der Waals surface area contributed by atoms with Crippen molar-refractivity contribution in [1.29, 1.82) is 0 Å². The minimum Gasteiger partial charge on any atom is -0.335 e. The van der Waals surface area contributed by atoms with Crippen LogP contribution in [0.2, 0.25) is 0 Å². The Kier molecular flexibility index (Phi) is 5.47. The van der Waals surface area contributed by atoms with E-state index in [0.717, 1.165) is 50.0 Å². The van der Waals surface area contributed by atoms with E-state index in [4.69, 9.17) is 0 Å². The van der Waals surface area contributed by atoms with Gasteiger partial charge in [-0.15, -0.1) is 11.3 Å². The van der Waals surface area contributed by atoms with E-state index in [1.807, 2.05) is 29.5 Å². The molecule has 2 aromatic rings. The molecule has 3 heterocycles. The molecule has 1 atom stereocenters. The van der Waals surface area contributed by atoms with Crippen molar-refractivity contribution < 1.29 is 4.79 Å². The van der Waals surface area contributed by atoms with Crippen LogP contribution in [0.15, 0.2) is 24.1 Å². The molecule has 0 radical (unpaired) electrons. The monoisotopic (exact) mass is 348 g/mol. The van der Waals surface area contributed by atoms with Gasteiger partial charge in [0.2, 0.25) is 0 Å². The molecule has 0 aliphatic carbocycles. The maximum Gasteiger partial charge on any atom is 0.317 e. The van der Waals surface area contributed by atoms with Gasteiger partial charge in [-0.1, -0.05) is 0 Å². The van der Waals surface area contributed by atoms with Gasteiger partial charge in [-0.05, 0) is 13.8 Å². The summed E-state index contributed by atoms with van der Waals surface area (Å²) in [6, 6.07) is 0.0921. The van der Waals surface area contributed by atoms with Gasteiger partial charge in [0.1, 0.15) is 0 Å². The minimum absolute atomic E-state index is 0.0202. The first-order valence-corrected chi connectivity index (χ1v) is 9.12. The summed E-state index contributed by atoms with van der Waals surface area (Å²) in [5.41, 5.74) is 1.13. The van der Waals surface area contributed by atoms with Crippen LogP contribution in [0.25, 0.3) is 0 Å². The summed E-state index contributed by atoms with van der Waals surface area (Å²) in [4.78, 5) is 25.1. The van der Waals surface area contributed by atoms with E-state index in [1.54, 1.807) is 23.9 Å². The Bertz CT molecular complexity index is 647. The molecule has 0 spiro atoms. The molecule has 7 nitrogen and oxygen atoms in total. The van der Waals surface area contributed by atoms with Crippen molar-refractivity contribution >= 4 is 17.4 Å². The van der Waals surface area contributed by atoms with Gasteiger partial charge in [0.25, 0.3) is 0 Å². The van der Waals surface area contributed by atoms with Crippen LogP contribution in [0, 0.1) is 6.92 Å². The van der Waals surface area contributed by atoms with Crippen LogP contribution in [0.1, 0.15) is 17.6 Å². The summed E-state index contributed by atoms with van der Waals surface area (Å²) >= 11 is 1.69. The molecule has 0 saturated carbocycles. The van der Waals surface area contributed by atoms with Crippen molar-refractivity contribution in [3.63, 3.8) is 0 Å². The zero-order chi connectivity index (χ0) is 16.9. The smallest absolute Gasteiger partial charge is 0.317 e. The van der Waals surface area contributed by atoms with Crippen molar-refractivity contribution in [2.75, 3.05) is 26.2 Å². The third-order valence-electron chi connectivity index (χ3n) is 4.13. The topological polar surface area (TPSA) is 66.3 Å². The summed E-state index contributed by atoms with van der Waals surface area (Å²) in [6.45, 7) is 8.94. The van der Waals surface area contributed by atoms with E-state index >= 15 is 0 Å². The van der Waals surface area contributed by atoms with Crippen molar-refractivity contribution in [1.82, 2.24) is 29.7 Å². The molecule has 0 unspecified atom stereocenters. The van der Waals surface area contributed by atoms with Gasteiger partial charge in [-0.3, -0.25) is 4.90 Å². The lowest BCUT2D eigenvalue weighted by molar-refractivity contribution is 0.132. The number of aromatic nitrogens is 3. The van der Waals surface area contributed by atoms with E-state index in [0.29, 0.717) is 0 Å². The molecule has 130 valence electrons. The number of rotatable bonds is 5. The second-order valence-electron chi connectivity index (χ2n) is 6.23. The number of imidazole rings is 1. The number of carbonyl (C=O) groups is 1. The molecule has 8 heteroatoms. The fraction of sp³-hybridized carbons (Fsp3) is 0.562. The number of piperazine rings is 1. The number of hydrogen-bond donors (Lipinski definition) is 1. The Morgan fingerprint density at radius 3 is 2.79 bits per heavy atom. The molecular formula is C16H24N6OS. The molecule has 1 aliphatic heterocycles. The zero-order valence-corrected chi connectivity index (χ0v) is 15.0. The first-order chi connectivity index (χ1) is 11.6. The average Bonchev–Trinajstić information content (AvgIpc) is 3.20. The molecule has 1 aliphatic rings. The highest BCUT2D eigenvalue weighted by atomic mass is 32.1. The summed E-state index contributed by atoms with van der Waals surface area (Å²) < 4.78 is 1.97. The molecule has 1 N–H and O–H groups in total. The van der Waals surface area contributed by atoms with Crippen LogP contribution in [-0.4, -0.2) is 62.6 Å². The molecule has 24 heavy (non-hydrogen) atoms. The maximum absolute atomic E-state index is 12.4. The van der Waals surface area contributed by atoms with E-state index in [1.165, 1.54) is 0 Å². The number of urea groups is 1. The van der Waals surface area contributed by atoms with Crippen molar-refractivity contribution in [2.24, 2.45) is 0 Å². The highest BCUT2D eigenvalue weighted by Crippen LogP contribution is 2.12. The molecule has 1 saturated heterocycles. The number of thiazole rings is 1. The number of hydrogen-bond acceptors (Lipinski definition) is 5. The number of carbonyl (C=O) groups excluding carboxylic acids is 1. The quantitative estimate of drug-likeness (QED) is 0.891. The first kappa shape index (κ1) is 16.9. The molecule has 2 aromatic heterocycles. The van der Waals surface area contributed by atoms with Crippen molar-refractivity contribution in [2.45, 2.75) is 33.0 Å². The molecule has 3 rings (SSSR count). The maximum atomic E-state index is 12.4. The predicted molar refractivity (Wildman–Crippen MR) is 93.9 cm³/mol. The van der Waals surface area contributed by atoms with Crippen molar-refractivity contribution in [3.05, 3.63) is 34.8 Å². The van der Waals surface area contributed by atoms with Gasteiger partial charge in [0.05, 0.1) is 17.0 Å². The van der Waals surface area contributed by atoms with Gasteiger partial charge >= 0.3 is 6.03 Å². The average molecular weight is 348 g/mol. The second-order valence-corrected chi connectivity index (χ2v) is 7.29. The lowest BCUT2D eigenvalue weighted by atomic mass is 10.3. The Morgan fingerprint density at radius 2 is 2.17 bits per heavy atom. The Hall–Kier alpha value is -1.93. The SMILES string of the molecule is Cc1nc(CN2CCN(C(=O)N[C@@H](C)Cn3ccnc3)CC2)cs1. The summed E-state index contributed by atoms with van der Waals surface area (Å²) in [5, 5.41) is 6.29.